The molecule has 0 spiro atoms. The second-order valence-corrected chi connectivity index (χ2v) is 8.67. The lowest BCUT2D eigenvalue weighted by Gasteiger charge is -2.05. The van der Waals surface area contributed by atoms with Gasteiger partial charge in [0.05, 0.1) is 36.1 Å². The largest absolute Gasteiger partial charge is 0.497 e. The molecule has 2 N–H and O–H groups in total. The molecule has 170 valence electrons. The Labute approximate surface area is 196 Å². The van der Waals surface area contributed by atoms with Gasteiger partial charge in [0.1, 0.15) is 5.75 Å². The number of hydrogen-bond acceptors (Lipinski definition) is 5. The van der Waals surface area contributed by atoms with Gasteiger partial charge in [0.15, 0.2) is 0 Å². The molecule has 0 saturated carbocycles. The molecule has 0 radical (unpaired) electrons. The molecule has 0 saturated heterocycles. The number of ether oxygens (including phenoxy) is 1. The smallest absolute Gasteiger partial charge is 0.280 e. The van der Waals surface area contributed by atoms with E-state index in [2.05, 4.69) is 15.1 Å². The maximum Gasteiger partial charge on any atom is 0.280 e. The van der Waals surface area contributed by atoms with Crippen LogP contribution in [0.2, 0.25) is 0 Å². The highest BCUT2D eigenvalue weighted by Crippen LogP contribution is 2.24. The van der Waals surface area contributed by atoms with Gasteiger partial charge < -0.3 is 9.72 Å². The molecule has 0 aliphatic heterocycles. The van der Waals surface area contributed by atoms with Gasteiger partial charge in [0.25, 0.3) is 5.56 Å². The number of aromatic nitrogens is 4. The van der Waals surface area contributed by atoms with Gasteiger partial charge in [-0.25, -0.2) is 9.67 Å². The summed E-state index contributed by atoms with van der Waals surface area (Å²) in [5.41, 5.74) is 5.77. The van der Waals surface area contributed by atoms with Crippen molar-refractivity contribution in [2.24, 2.45) is 4.99 Å². The van der Waals surface area contributed by atoms with E-state index < -0.39 is 0 Å². The highest BCUT2D eigenvalue weighted by atomic mass is 32.2. The Hall–Kier alpha value is -3.52. The van der Waals surface area contributed by atoms with E-state index in [1.165, 1.54) is 0 Å². The predicted molar refractivity (Wildman–Crippen MR) is 135 cm³/mol. The Morgan fingerprint density at radius 3 is 2.58 bits per heavy atom. The fourth-order valence-electron chi connectivity index (χ4n) is 3.56. The monoisotopic (exact) mass is 461 g/mol. The lowest BCUT2D eigenvalue weighted by atomic mass is 10.1. The summed E-state index contributed by atoms with van der Waals surface area (Å²) >= 11 is 1.78. The molecule has 2 heterocycles. The van der Waals surface area contributed by atoms with Crippen LogP contribution in [0.1, 0.15) is 23.9 Å². The van der Waals surface area contributed by atoms with E-state index >= 15 is 0 Å². The van der Waals surface area contributed by atoms with Crippen molar-refractivity contribution in [1.29, 1.82) is 0 Å². The molecule has 8 heteroatoms. The first-order valence-electron chi connectivity index (χ1n) is 10.7. The van der Waals surface area contributed by atoms with E-state index in [9.17, 15) is 4.79 Å². The number of thioether (sulfide) groups is 1. The predicted octanol–water partition coefficient (Wildman–Crippen LogP) is 4.62. The third-order valence-electron chi connectivity index (χ3n) is 5.40. The Morgan fingerprint density at radius 1 is 1.15 bits per heavy atom. The number of para-hydroxylation sites is 1. The van der Waals surface area contributed by atoms with Crippen LogP contribution in [0.4, 0.5) is 0 Å². The Morgan fingerprint density at radius 2 is 1.91 bits per heavy atom. The number of nitrogens with one attached hydrogen (secondary N) is 2. The molecule has 0 aliphatic carbocycles. The zero-order valence-corrected chi connectivity index (χ0v) is 19.8. The first-order chi connectivity index (χ1) is 16.1. The average Bonchev–Trinajstić information content (AvgIpc) is 3.42. The van der Waals surface area contributed by atoms with Crippen LogP contribution in [0.5, 0.6) is 5.75 Å². The summed E-state index contributed by atoms with van der Waals surface area (Å²) in [4.78, 5) is 25.6. The summed E-state index contributed by atoms with van der Waals surface area (Å²) in [6, 6.07) is 17.2. The maximum atomic E-state index is 13.4. The number of hydrogen-bond donors (Lipinski definition) is 2. The third kappa shape index (κ3) is 5.12. The van der Waals surface area contributed by atoms with Crippen LogP contribution in [0.15, 0.2) is 70.7 Å². The first-order valence-corrected chi connectivity index (χ1v) is 11.9. The van der Waals surface area contributed by atoms with Crippen molar-refractivity contribution in [3.8, 4) is 22.7 Å². The molecule has 33 heavy (non-hydrogen) atoms. The summed E-state index contributed by atoms with van der Waals surface area (Å²) in [7, 11) is 1.64. The molecule has 0 aliphatic rings. The minimum atomic E-state index is -0.118. The minimum Gasteiger partial charge on any atom is -0.497 e. The van der Waals surface area contributed by atoms with E-state index in [1.54, 1.807) is 29.9 Å². The number of aryl methyl sites for hydroxylation is 1. The molecular weight excluding hydrogens is 434 g/mol. The van der Waals surface area contributed by atoms with Crippen LogP contribution in [0, 0.1) is 6.92 Å². The molecule has 0 amide bonds. The molecular formula is C25H27N5O2S. The van der Waals surface area contributed by atoms with E-state index in [1.807, 2.05) is 68.4 Å². The molecule has 7 nitrogen and oxygen atoms in total. The summed E-state index contributed by atoms with van der Waals surface area (Å²) in [6.07, 6.45) is 1.72. The fourth-order valence-corrected chi connectivity index (χ4v) is 4.41. The van der Waals surface area contributed by atoms with Gasteiger partial charge in [-0.2, -0.15) is 11.8 Å². The van der Waals surface area contributed by atoms with Gasteiger partial charge in [0, 0.05) is 35.0 Å². The Bertz CT molecular complexity index is 1290. The van der Waals surface area contributed by atoms with Gasteiger partial charge in [-0.05, 0) is 50.2 Å². The second kappa shape index (κ2) is 10.4. The second-order valence-electron chi connectivity index (χ2n) is 7.56. The normalized spacial score (nSPS) is 11.7. The van der Waals surface area contributed by atoms with Crippen molar-refractivity contribution in [1.82, 2.24) is 19.7 Å². The van der Waals surface area contributed by atoms with Crippen LogP contribution in [-0.2, 0) is 5.75 Å². The van der Waals surface area contributed by atoms with Crippen molar-refractivity contribution in [2.45, 2.75) is 19.6 Å². The minimum absolute atomic E-state index is 0.118. The number of aromatic amines is 2. The molecule has 0 unspecified atom stereocenters. The SMILES string of the molecule is COc1ccc(-c2[nH]n(-c3ccccc3)c(=O)c2C(C)=NCCSCc2nc[nH]c2C)cc1. The highest BCUT2D eigenvalue weighted by Gasteiger charge is 2.19. The third-order valence-corrected chi connectivity index (χ3v) is 6.35. The fraction of sp³-hybridized carbons (Fsp3) is 0.240. The number of rotatable bonds is 9. The lowest BCUT2D eigenvalue weighted by Crippen LogP contribution is -2.19. The van der Waals surface area contributed by atoms with Crippen LogP contribution in [0.3, 0.4) is 0 Å². The Kier molecular flexibility index (Phi) is 7.14. The van der Waals surface area contributed by atoms with Crippen molar-refractivity contribution < 1.29 is 4.74 Å². The van der Waals surface area contributed by atoms with Gasteiger partial charge in [0.2, 0.25) is 0 Å². The quantitative estimate of drug-likeness (QED) is 0.281. The summed E-state index contributed by atoms with van der Waals surface area (Å²) in [5, 5.41) is 3.29. The number of imidazole rings is 1. The van der Waals surface area contributed by atoms with Crippen LogP contribution >= 0.6 is 11.8 Å². The molecule has 0 fully saturated rings. The average molecular weight is 462 g/mol. The zero-order chi connectivity index (χ0) is 23.2. The molecule has 4 aromatic rings. The lowest BCUT2D eigenvalue weighted by molar-refractivity contribution is 0.415. The molecule has 0 bridgehead atoms. The number of benzene rings is 2. The first kappa shape index (κ1) is 22.7. The van der Waals surface area contributed by atoms with Crippen molar-refractivity contribution in [3.63, 3.8) is 0 Å². The van der Waals surface area contributed by atoms with E-state index in [-0.39, 0.29) is 5.56 Å². The number of nitrogens with zero attached hydrogens (tertiary/aromatic N) is 3. The van der Waals surface area contributed by atoms with Gasteiger partial charge in [-0.15, -0.1) is 0 Å². The van der Waals surface area contributed by atoms with E-state index in [4.69, 9.17) is 9.73 Å². The maximum absolute atomic E-state index is 13.4. The van der Waals surface area contributed by atoms with E-state index in [0.29, 0.717) is 17.8 Å². The standard InChI is InChI=1S/C25H27N5O2S/c1-17-22(28-16-27-17)15-33-14-13-26-18(2)23-24(19-9-11-21(32-3)12-10-19)29-30(25(23)31)20-7-5-4-6-8-20/h4-12,16,29H,13-15H2,1-3H3,(H,27,28). The molecule has 0 atom stereocenters. The highest BCUT2D eigenvalue weighted by molar-refractivity contribution is 7.98. The van der Waals surface area contributed by atoms with Gasteiger partial charge >= 0.3 is 0 Å². The Balaban J connectivity index is 1.60. The van der Waals surface area contributed by atoms with Crippen LogP contribution in [0.25, 0.3) is 16.9 Å². The van der Waals surface area contributed by atoms with E-state index in [0.717, 1.165) is 45.6 Å². The van der Waals surface area contributed by atoms with Crippen molar-refractivity contribution in [2.75, 3.05) is 19.4 Å². The van der Waals surface area contributed by atoms with Crippen molar-refractivity contribution >= 4 is 17.5 Å². The summed E-state index contributed by atoms with van der Waals surface area (Å²) in [6.45, 7) is 4.54. The summed E-state index contributed by atoms with van der Waals surface area (Å²) < 4.78 is 6.85. The van der Waals surface area contributed by atoms with Crippen LogP contribution in [-0.4, -0.2) is 44.9 Å². The number of methoxy groups -OCH3 is 1. The zero-order valence-electron chi connectivity index (χ0n) is 19.0. The molecule has 4 rings (SSSR count). The number of H-pyrrole nitrogens is 2. The van der Waals surface area contributed by atoms with Crippen molar-refractivity contribution in [3.05, 3.63) is 88.2 Å². The summed E-state index contributed by atoms with van der Waals surface area (Å²) in [5.74, 6) is 2.45. The molecule has 2 aromatic heterocycles. The topological polar surface area (TPSA) is 88.1 Å². The number of aliphatic imine (C=N–C) groups is 1. The molecule has 2 aromatic carbocycles. The van der Waals surface area contributed by atoms with Crippen LogP contribution < -0.4 is 10.3 Å². The van der Waals surface area contributed by atoms with Gasteiger partial charge in [-0.1, -0.05) is 18.2 Å². The van der Waals surface area contributed by atoms with Gasteiger partial charge in [-0.3, -0.25) is 14.9 Å².